The van der Waals surface area contributed by atoms with E-state index in [4.69, 9.17) is 9.26 Å². The molecule has 0 aromatic carbocycles. The largest absolute Gasteiger partial charge is 0.378 e. The molecule has 1 saturated heterocycles. The predicted octanol–water partition coefficient (Wildman–Crippen LogP) is 2.11. The van der Waals surface area contributed by atoms with Crippen LogP contribution in [0.15, 0.2) is 21.8 Å². The van der Waals surface area contributed by atoms with E-state index in [0.717, 1.165) is 63.9 Å². The fourth-order valence-corrected chi connectivity index (χ4v) is 3.75. The van der Waals surface area contributed by atoms with Gasteiger partial charge in [-0.1, -0.05) is 24.4 Å². The molecule has 2 heterocycles. The van der Waals surface area contributed by atoms with Gasteiger partial charge in [0.25, 0.3) is 0 Å². The van der Waals surface area contributed by atoms with E-state index in [1.54, 1.807) is 6.26 Å². The normalized spacial score (nSPS) is 20.5. The van der Waals surface area contributed by atoms with Crippen molar-refractivity contribution in [2.75, 3.05) is 46.4 Å². The molecule has 1 aromatic heterocycles. The Labute approximate surface area is 156 Å². The Balaban J connectivity index is 1.29. The SMILES string of the molecule is CN=C(NCCCOC1CCCCC1)N1CCN(Cc2ccon2)CC1. The number of hydrogen-bond donors (Lipinski definition) is 1. The first kappa shape index (κ1) is 19.2. The van der Waals surface area contributed by atoms with Gasteiger partial charge < -0.3 is 19.5 Å². The zero-order valence-corrected chi connectivity index (χ0v) is 16.0. The molecule has 2 fully saturated rings. The standard InChI is InChI=1S/C19H33N5O2/c1-20-19(21-9-5-14-25-18-6-3-2-4-7-18)24-12-10-23(11-13-24)16-17-8-15-26-22-17/h8,15,18H,2-7,9-14,16H2,1H3,(H,20,21). The van der Waals surface area contributed by atoms with Gasteiger partial charge in [0, 0.05) is 59.0 Å². The van der Waals surface area contributed by atoms with Crippen molar-refractivity contribution in [1.29, 1.82) is 0 Å². The molecule has 26 heavy (non-hydrogen) atoms. The van der Waals surface area contributed by atoms with E-state index >= 15 is 0 Å². The van der Waals surface area contributed by atoms with Crippen molar-refractivity contribution in [3.05, 3.63) is 18.0 Å². The first-order chi connectivity index (χ1) is 12.8. The molecule has 0 atom stereocenters. The molecule has 2 aliphatic rings. The third-order valence-electron chi connectivity index (χ3n) is 5.27. The van der Waals surface area contributed by atoms with Crippen LogP contribution in [-0.4, -0.2) is 73.4 Å². The molecule has 1 saturated carbocycles. The van der Waals surface area contributed by atoms with Crippen LogP contribution in [0.4, 0.5) is 0 Å². The average Bonchev–Trinajstić information content (AvgIpc) is 3.19. The molecule has 1 aliphatic carbocycles. The van der Waals surface area contributed by atoms with Gasteiger partial charge in [0.2, 0.25) is 0 Å². The number of hydrogen-bond acceptors (Lipinski definition) is 5. The van der Waals surface area contributed by atoms with Crippen LogP contribution in [0.1, 0.15) is 44.2 Å². The van der Waals surface area contributed by atoms with E-state index in [1.165, 1.54) is 32.1 Å². The summed E-state index contributed by atoms with van der Waals surface area (Å²) in [7, 11) is 1.86. The summed E-state index contributed by atoms with van der Waals surface area (Å²) >= 11 is 0. The smallest absolute Gasteiger partial charge is 0.193 e. The van der Waals surface area contributed by atoms with Crippen LogP contribution in [0.3, 0.4) is 0 Å². The number of rotatable bonds is 7. The lowest BCUT2D eigenvalue weighted by Crippen LogP contribution is -2.52. The topological polar surface area (TPSA) is 66.1 Å². The molecule has 0 amide bonds. The lowest BCUT2D eigenvalue weighted by atomic mass is 9.98. The third-order valence-corrected chi connectivity index (χ3v) is 5.27. The quantitative estimate of drug-likeness (QED) is 0.455. The Morgan fingerprint density at radius 3 is 2.77 bits per heavy atom. The van der Waals surface area contributed by atoms with Crippen LogP contribution in [0.5, 0.6) is 0 Å². The molecular weight excluding hydrogens is 330 g/mol. The molecule has 146 valence electrons. The van der Waals surface area contributed by atoms with Crippen molar-refractivity contribution in [3.63, 3.8) is 0 Å². The molecule has 0 unspecified atom stereocenters. The Morgan fingerprint density at radius 2 is 2.08 bits per heavy atom. The van der Waals surface area contributed by atoms with Crippen LogP contribution < -0.4 is 5.32 Å². The maximum atomic E-state index is 5.99. The van der Waals surface area contributed by atoms with Crippen LogP contribution >= 0.6 is 0 Å². The number of guanidine groups is 1. The number of aliphatic imine (C=N–C) groups is 1. The first-order valence-corrected chi connectivity index (χ1v) is 10.0. The fourth-order valence-electron chi connectivity index (χ4n) is 3.75. The van der Waals surface area contributed by atoms with Gasteiger partial charge in [-0.25, -0.2) is 0 Å². The van der Waals surface area contributed by atoms with Gasteiger partial charge in [-0.2, -0.15) is 0 Å². The minimum atomic E-state index is 0.501. The van der Waals surface area contributed by atoms with Crippen LogP contribution in [-0.2, 0) is 11.3 Å². The summed E-state index contributed by atoms with van der Waals surface area (Å²) in [4.78, 5) is 9.18. The molecule has 0 bridgehead atoms. The Morgan fingerprint density at radius 1 is 1.27 bits per heavy atom. The average molecular weight is 364 g/mol. The second-order valence-electron chi connectivity index (χ2n) is 7.21. The molecule has 0 spiro atoms. The monoisotopic (exact) mass is 363 g/mol. The van der Waals surface area contributed by atoms with Crippen molar-refractivity contribution in [2.24, 2.45) is 4.99 Å². The third kappa shape index (κ3) is 5.99. The van der Waals surface area contributed by atoms with Crippen LogP contribution in [0, 0.1) is 0 Å². The van der Waals surface area contributed by atoms with Crippen molar-refractivity contribution >= 4 is 5.96 Å². The molecule has 1 N–H and O–H groups in total. The van der Waals surface area contributed by atoms with Gasteiger partial charge >= 0.3 is 0 Å². The summed E-state index contributed by atoms with van der Waals surface area (Å²) in [5.41, 5.74) is 0.999. The van der Waals surface area contributed by atoms with Gasteiger partial charge in [-0.15, -0.1) is 0 Å². The Kier molecular flexibility index (Phi) is 7.76. The van der Waals surface area contributed by atoms with Gasteiger partial charge in [0.1, 0.15) is 6.26 Å². The minimum Gasteiger partial charge on any atom is -0.378 e. The molecule has 1 aliphatic heterocycles. The van der Waals surface area contributed by atoms with Crippen molar-refractivity contribution in [2.45, 2.75) is 51.2 Å². The fraction of sp³-hybridized carbons (Fsp3) is 0.789. The molecular formula is C19H33N5O2. The molecule has 7 heteroatoms. The lowest BCUT2D eigenvalue weighted by molar-refractivity contribution is 0.0276. The molecule has 1 aromatic rings. The summed E-state index contributed by atoms with van der Waals surface area (Å²) < 4.78 is 10.9. The van der Waals surface area contributed by atoms with Gasteiger partial charge in [-0.05, 0) is 19.3 Å². The summed E-state index contributed by atoms with van der Waals surface area (Å²) in [6.07, 6.45) is 9.69. The molecule has 7 nitrogen and oxygen atoms in total. The van der Waals surface area contributed by atoms with E-state index in [2.05, 4.69) is 25.3 Å². The highest BCUT2D eigenvalue weighted by molar-refractivity contribution is 5.79. The number of aromatic nitrogens is 1. The Hall–Kier alpha value is -1.60. The predicted molar refractivity (Wildman–Crippen MR) is 102 cm³/mol. The summed E-state index contributed by atoms with van der Waals surface area (Å²) in [5.74, 6) is 1.00. The van der Waals surface area contributed by atoms with Crippen LogP contribution in [0.2, 0.25) is 0 Å². The van der Waals surface area contributed by atoms with Gasteiger partial charge in [0.15, 0.2) is 5.96 Å². The second-order valence-corrected chi connectivity index (χ2v) is 7.21. The number of nitrogens with zero attached hydrogens (tertiary/aromatic N) is 4. The highest BCUT2D eigenvalue weighted by atomic mass is 16.5. The number of piperazine rings is 1. The van der Waals surface area contributed by atoms with E-state index in [1.807, 2.05) is 13.1 Å². The maximum Gasteiger partial charge on any atom is 0.193 e. The summed E-state index contributed by atoms with van der Waals surface area (Å²) in [6.45, 7) is 6.61. The van der Waals surface area contributed by atoms with Crippen molar-refractivity contribution in [3.8, 4) is 0 Å². The van der Waals surface area contributed by atoms with E-state index in [-0.39, 0.29) is 0 Å². The van der Waals surface area contributed by atoms with Crippen LogP contribution in [0.25, 0.3) is 0 Å². The highest BCUT2D eigenvalue weighted by Crippen LogP contribution is 2.20. The maximum absolute atomic E-state index is 5.99. The number of ether oxygens (including phenoxy) is 1. The second kappa shape index (κ2) is 10.5. The number of nitrogens with one attached hydrogen (secondary N) is 1. The highest BCUT2D eigenvalue weighted by Gasteiger charge is 2.20. The summed E-state index contributed by atoms with van der Waals surface area (Å²) in [6, 6.07) is 1.93. The molecule has 3 rings (SSSR count). The zero-order chi connectivity index (χ0) is 18.0. The van der Waals surface area contributed by atoms with Gasteiger partial charge in [-0.3, -0.25) is 9.89 Å². The lowest BCUT2D eigenvalue weighted by Gasteiger charge is -2.36. The van der Waals surface area contributed by atoms with E-state index < -0.39 is 0 Å². The summed E-state index contributed by atoms with van der Waals surface area (Å²) in [5, 5.41) is 7.48. The van der Waals surface area contributed by atoms with E-state index in [0.29, 0.717) is 6.10 Å². The minimum absolute atomic E-state index is 0.501. The van der Waals surface area contributed by atoms with Crippen molar-refractivity contribution in [1.82, 2.24) is 20.3 Å². The van der Waals surface area contributed by atoms with Crippen molar-refractivity contribution < 1.29 is 9.26 Å². The zero-order valence-electron chi connectivity index (χ0n) is 16.0. The first-order valence-electron chi connectivity index (χ1n) is 10.0. The van der Waals surface area contributed by atoms with Gasteiger partial charge in [0.05, 0.1) is 11.8 Å². The Bertz CT molecular complexity index is 520. The van der Waals surface area contributed by atoms with E-state index in [9.17, 15) is 0 Å². The molecule has 0 radical (unpaired) electrons.